The Bertz CT molecular complexity index is 1220. The lowest BCUT2D eigenvalue weighted by molar-refractivity contribution is -0.110. The van der Waals surface area contributed by atoms with Crippen molar-refractivity contribution in [2.45, 2.75) is 12.8 Å². The van der Waals surface area contributed by atoms with Crippen molar-refractivity contribution in [1.82, 2.24) is 4.90 Å². The van der Waals surface area contributed by atoms with Crippen LogP contribution in [0.5, 0.6) is 0 Å². The van der Waals surface area contributed by atoms with Crippen molar-refractivity contribution in [3.63, 3.8) is 0 Å². The maximum absolute atomic E-state index is 13.1. The van der Waals surface area contributed by atoms with E-state index < -0.39 is 5.97 Å². The van der Waals surface area contributed by atoms with Crippen molar-refractivity contribution in [3.05, 3.63) is 95.1 Å². The molecule has 1 amide bonds. The topological polar surface area (TPSA) is 70.7 Å². The van der Waals surface area contributed by atoms with E-state index in [1.165, 1.54) is 12.7 Å². The highest BCUT2D eigenvalue weighted by Crippen LogP contribution is 2.38. The van der Waals surface area contributed by atoms with Gasteiger partial charge in [-0.3, -0.25) is 4.79 Å². The molecule has 1 heterocycles. The second-order valence-electron chi connectivity index (χ2n) is 8.55. The number of anilines is 2. The standard InChI is InChI=1S/C28H29N3O3/c1-31(2)17-7-8-19-11-14-22(15-12-19)29-26(20-9-5-4-6-10-20)25-23-16-13-21(28(33)34-3)18-24(23)30-27(25)32/h4-6,9-16,18,29H,7-8,17H2,1-3H3,(H,30,32)/b26-25-. The van der Waals surface area contributed by atoms with Gasteiger partial charge >= 0.3 is 5.97 Å². The Morgan fingerprint density at radius 2 is 1.71 bits per heavy atom. The second kappa shape index (κ2) is 10.4. The van der Waals surface area contributed by atoms with E-state index in [1.807, 2.05) is 42.5 Å². The lowest BCUT2D eigenvalue weighted by Gasteiger charge is -2.15. The fourth-order valence-electron chi connectivity index (χ4n) is 4.05. The van der Waals surface area contributed by atoms with E-state index in [0.717, 1.165) is 36.2 Å². The molecule has 0 fully saturated rings. The highest BCUT2D eigenvalue weighted by molar-refractivity contribution is 6.37. The molecule has 0 bridgehead atoms. The lowest BCUT2D eigenvalue weighted by Crippen LogP contribution is -2.13. The number of nitrogens with zero attached hydrogens (tertiary/aromatic N) is 1. The minimum Gasteiger partial charge on any atom is -0.465 e. The quantitative estimate of drug-likeness (QED) is 0.373. The van der Waals surface area contributed by atoms with Gasteiger partial charge < -0.3 is 20.3 Å². The molecule has 0 radical (unpaired) electrons. The first-order valence-corrected chi connectivity index (χ1v) is 11.3. The Kier molecular flexibility index (Phi) is 7.09. The molecule has 174 valence electrons. The zero-order valence-corrected chi connectivity index (χ0v) is 19.7. The van der Waals surface area contributed by atoms with Gasteiger partial charge in [-0.1, -0.05) is 48.5 Å². The third-order valence-corrected chi connectivity index (χ3v) is 5.79. The van der Waals surface area contributed by atoms with E-state index in [2.05, 4.69) is 41.8 Å². The molecule has 3 aromatic carbocycles. The van der Waals surface area contributed by atoms with Gasteiger partial charge in [-0.25, -0.2) is 4.79 Å². The van der Waals surface area contributed by atoms with Crippen molar-refractivity contribution in [2.75, 3.05) is 38.4 Å². The normalized spacial score (nSPS) is 13.9. The van der Waals surface area contributed by atoms with Crippen molar-refractivity contribution < 1.29 is 14.3 Å². The Labute approximate surface area is 200 Å². The van der Waals surface area contributed by atoms with Crippen molar-refractivity contribution in [3.8, 4) is 0 Å². The van der Waals surface area contributed by atoms with E-state index in [9.17, 15) is 9.59 Å². The van der Waals surface area contributed by atoms with E-state index in [1.54, 1.807) is 18.2 Å². The predicted molar refractivity (Wildman–Crippen MR) is 137 cm³/mol. The smallest absolute Gasteiger partial charge is 0.337 e. The van der Waals surface area contributed by atoms with Crippen LogP contribution in [0.15, 0.2) is 72.8 Å². The molecule has 4 rings (SSSR count). The average molecular weight is 456 g/mol. The maximum atomic E-state index is 13.1. The molecule has 2 N–H and O–H groups in total. The Morgan fingerprint density at radius 3 is 2.38 bits per heavy atom. The zero-order valence-electron chi connectivity index (χ0n) is 19.7. The van der Waals surface area contributed by atoms with Crippen LogP contribution in [0, 0.1) is 0 Å². The highest BCUT2D eigenvalue weighted by atomic mass is 16.5. The molecule has 1 aliphatic rings. The molecule has 0 spiro atoms. The number of benzene rings is 3. The van der Waals surface area contributed by atoms with Gasteiger partial charge in [0.2, 0.25) is 0 Å². The summed E-state index contributed by atoms with van der Waals surface area (Å²) in [5.74, 6) is -0.662. The summed E-state index contributed by atoms with van der Waals surface area (Å²) in [6.07, 6.45) is 2.12. The summed E-state index contributed by atoms with van der Waals surface area (Å²) in [4.78, 5) is 27.2. The SMILES string of the molecule is COC(=O)c1ccc2c(c1)NC(=O)/C2=C(\Nc1ccc(CCCN(C)C)cc1)c1ccccc1. The van der Waals surface area contributed by atoms with Crippen LogP contribution in [-0.4, -0.2) is 44.5 Å². The Hall–Kier alpha value is -3.90. The number of esters is 1. The van der Waals surface area contributed by atoms with Crippen LogP contribution >= 0.6 is 0 Å². The number of fused-ring (bicyclic) bond motifs is 1. The summed E-state index contributed by atoms with van der Waals surface area (Å²) >= 11 is 0. The largest absolute Gasteiger partial charge is 0.465 e. The van der Waals surface area contributed by atoms with Gasteiger partial charge in [0.25, 0.3) is 5.91 Å². The van der Waals surface area contributed by atoms with Crippen LogP contribution in [0.25, 0.3) is 11.3 Å². The number of hydrogen-bond acceptors (Lipinski definition) is 5. The van der Waals surface area contributed by atoms with Crippen molar-refractivity contribution >= 4 is 34.5 Å². The number of amides is 1. The fraction of sp³-hybridized carbons (Fsp3) is 0.214. The van der Waals surface area contributed by atoms with Gasteiger partial charge in [-0.05, 0) is 68.9 Å². The highest BCUT2D eigenvalue weighted by Gasteiger charge is 2.29. The molecule has 6 nitrogen and oxygen atoms in total. The van der Waals surface area contributed by atoms with E-state index >= 15 is 0 Å². The van der Waals surface area contributed by atoms with Gasteiger partial charge in [0.15, 0.2) is 0 Å². The van der Waals surface area contributed by atoms with Crippen LogP contribution < -0.4 is 10.6 Å². The molecule has 0 aromatic heterocycles. The Morgan fingerprint density at radius 1 is 0.971 bits per heavy atom. The summed E-state index contributed by atoms with van der Waals surface area (Å²) in [7, 11) is 5.50. The lowest BCUT2D eigenvalue weighted by atomic mass is 9.99. The van der Waals surface area contributed by atoms with Gasteiger partial charge in [-0.2, -0.15) is 0 Å². The zero-order chi connectivity index (χ0) is 24.1. The maximum Gasteiger partial charge on any atom is 0.337 e. The number of nitrogens with one attached hydrogen (secondary N) is 2. The van der Waals surface area contributed by atoms with E-state index in [0.29, 0.717) is 22.5 Å². The summed E-state index contributed by atoms with van der Waals surface area (Å²) < 4.78 is 4.81. The molecule has 3 aromatic rings. The predicted octanol–water partition coefficient (Wildman–Crippen LogP) is 4.90. The first kappa shape index (κ1) is 23.3. The fourth-order valence-corrected chi connectivity index (χ4v) is 4.05. The first-order valence-electron chi connectivity index (χ1n) is 11.3. The van der Waals surface area contributed by atoms with Crippen LogP contribution in [-0.2, 0) is 16.0 Å². The number of hydrogen-bond donors (Lipinski definition) is 2. The molecule has 0 saturated heterocycles. The summed E-state index contributed by atoms with van der Waals surface area (Å²) in [6.45, 7) is 1.05. The van der Waals surface area contributed by atoms with Gasteiger partial charge in [0, 0.05) is 11.3 Å². The third kappa shape index (κ3) is 5.18. The van der Waals surface area contributed by atoms with Crippen LogP contribution in [0.1, 0.15) is 33.5 Å². The van der Waals surface area contributed by atoms with Crippen molar-refractivity contribution in [2.24, 2.45) is 0 Å². The molecule has 34 heavy (non-hydrogen) atoms. The number of carbonyl (C=O) groups is 2. The molecular weight excluding hydrogens is 426 g/mol. The molecule has 6 heteroatoms. The number of ether oxygens (including phenoxy) is 1. The van der Waals surface area contributed by atoms with Gasteiger partial charge in [-0.15, -0.1) is 0 Å². The molecule has 0 saturated carbocycles. The summed E-state index contributed by atoms with van der Waals surface area (Å²) in [6, 6.07) is 23.2. The van der Waals surface area contributed by atoms with Gasteiger partial charge in [0.05, 0.1) is 29.6 Å². The van der Waals surface area contributed by atoms with Crippen LogP contribution in [0.3, 0.4) is 0 Å². The molecular formula is C28H29N3O3. The Balaban J connectivity index is 1.68. The number of rotatable bonds is 8. The number of carbonyl (C=O) groups excluding carboxylic acids is 2. The number of methoxy groups -OCH3 is 1. The van der Waals surface area contributed by atoms with Crippen LogP contribution in [0.2, 0.25) is 0 Å². The molecule has 1 aliphatic heterocycles. The van der Waals surface area contributed by atoms with Crippen LogP contribution in [0.4, 0.5) is 11.4 Å². The van der Waals surface area contributed by atoms with Crippen molar-refractivity contribution in [1.29, 1.82) is 0 Å². The van der Waals surface area contributed by atoms with Gasteiger partial charge in [0.1, 0.15) is 0 Å². The molecule has 0 unspecified atom stereocenters. The minimum absolute atomic E-state index is 0.219. The summed E-state index contributed by atoms with van der Waals surface area (Å²) in [5, 5.41) is 6.37. The summed E-state index contributed by atoms with van der Waals surface area (Å²) in [5.41, 5.74) is 6.04. The molecule has 0 aliphatic carbocycles. The molecule has 0 atom stereocenters. The van der Waals surface area contributed by atoms with E-state index in [4.69, 9.17) is 4.74 Å². The third-order valence-electron chi connectivity index (χ3n) is 5.79. The monoisotopic (exact) mass is 455 g/mol. The minimum atomic E-state index is -0.443. The number of aryl methyl sites for hydroxylation is 1. The second-order valence-corrected chi connectivity index (χ2v) is 8.55. The first-order chi connectivity index (χ1) is 16.5. The average Bonchev–Trinajstić information content (AvgIpc) is 3.18. The van der Waals surface area contributed by atoms with E-state index in [-0.39, 0.29) is 5.91 Å².